The SMILES string of the molecule is CN(C)c1cc(C(=O)NCc2cnc(C3CC3)cn2)ccc1/C(C=NCC1OCC2(CC2)CO1)=N/N. The monoisotopic (exact) mass is 491 g/mol. The van der Waals surface area contributed by atoms with Crippen molar-refractivity contribution in [1.82, 2.24) is 15.3 Å². The molecule has 10 nitrogen and oxygen atoms in total. The number of nitrogens with one attached hydrogen (secondary N) is 1. The summed E-state index contributed by atoms with van der Waals surface area (Å²) in [7, 11) is 3.81. The van der Waals surface area contributed by atoms with Gasteiger partial charge in [-0.2, -0.15) is 5.10 Å². The predicted octanol–water partition coefficient (Wildman–Crippen LogP) is 2.24. The van der Waals surface area contributed by atoms with E-state index in [1.54, 1.807) is 18.5 Å². The van der Waals surface area contributed by atoms with Gasteiger partial charge < -0.3 is 25.5 Å². The number of hydrazone groups is 1. The number of carbonyl (C=O) groups excluding carboxylic acids is 1. The van der Waals surface area contributed by atoms with E-state index in [0.29, 0.717) is 30.3 Å². The van der Waals surface area contributed by atoms with Crippen LogP contribution in [0.4, 0.5) is 5.69 Å². The predicted molar refractivity (Wildman–Crippen MR) is 137 cm³/mol. The number of hydrogen-bond acceptors (Lipinski definition) is 9. The first-order chi connectivity index (χ1) is 17.5. The van der Waals surface area contributed by atoms with Crippen molar-refractivity contribution in [3.63, 3.8) is 0 Å². The molecule has 1 spiro atoms. The second-order valence-corrected chi connectivity index (χ2v) is 10.1. The van der Waals surface area contributed by atoms with Crippen LogP contribution in [0.2, 0.25) is 0 Å². The minimum atomic E-state index is -0.347. The van der Waals surface area contributed by atoms with Gasteiger partial charge in [0, 0.05) is 54.7 Å². The molecule has 2 saturated carbocycles. The standard InChI is InChI=1S/C26H33N7O3/c1-33(2)23-9-18(25(34)31-11-19-10-30-21(13-29-19)17-3-4-17)5-6-20(23)22(32-27)12-28-14-24-35-15-26(7-8-26)16-36-24/h5-6,9-10,12-13,17,24H,3-4,7-8,11,14-16,27H2,1-2H3,(H,31,34)/b28-12?,32-22+. The zero-order chi connectivity index (χ0) is 25.1. The summed E-state index contributed by atoms with van der Waals surface area (Å²) in [4.78, 5) is 28.1. The van der Waals surface area contributed by atoms with Crippen LogP contribution in [0, 0.1) is 5.41 Å². The van der Waals surface area contributed by atoms with Crippen LogP contribution in [-0.2, 0) is 16.0 Å². The van der Waals surface area contributed by atoms with Crippen molar-refractivity contribution in [2.45, 2.75) is 44.4 Å². The summed E-state index contributed by atoms with van der Waals surface area (Å²) in [6.07, 6.45) is 9.54. The molecule has 1 saturated heterocycles. The molecule has 3 aliphatic rings. The van der Waals surface area contributed by atoms with Crippen LogP contribution >= 0.6 is 0 Å². The van der Waals surface area contributed by atoms with Gasteiger partial charge in [0.1, 0.15) is 5.71 Å². The molecule has 0 bridgehead atoms. The van der Waals surface area contributed by atoms with Crippen LogP contribution in [0.15, 0.2) is 40.7 Å². The summed E-state index contributed by atoms with van der Waals surface area (Å²) in [5.74, 6) is 6.06. The molecule has 5 rings (SSSR count). The normalized spacial score (nSPS) is 19.6. The average Bonchev–Trinajstić information content (AvgIpc) is 3.83. The Bertz CT molecular complexity index is 1140. The molecule has 2 aliphatic carbocycles. The van der Waals surface area contributed by atoms with Crippen molar-refractivity contribution in [2.75, 3.05) is 38.8 Å². The molecule has 3 fully saturated rings. The number of benzene rings is 1. The Morgan fingerprint density at radius 2 is 2.00 bits per heavy atom. The molecule has 3 N–H and O–H groups in total. The molecular weight excluding hydrogens is 458 g/mol. The number of nitrogens with zero attached hydrogens (tertiary/aromatic N) is 5. The third kappa shape index (κ3) is 5.71. The van der Waals surface area contributed by atoms with E-state index < -0.39 is 0 Å². The van der Waals surface area contributed by atoms with Crippen LogP contribution in [0.1, 0.15) is 58.9 Å². The molecule has 1 aromatic heterocycles. The zero-order valence-corrected chi connectivity index (χ0v) is 20.8. The highest BCUT2D eigenvalue weighted by atomic mass is 16.7. The molecule has 2 heterocycles. The lowest BCUT2D eigenvalue weighted by Crippen LogP contribution is -2.35. The van der Waals surface area contributed by atoms with Gasteiger partial charge in [0.2, 0.25) is 0 Å². The molecule has 1 aliphatic heterocycles. The molecule has 36 heavy (non-hydrogen) atoms. The summed E-state index contributed by atoms with van der Waals surface area (Å²) in [6, 6.07) is 5.39. The number of nitrogens with two attached hydrogens (primary N) is 1. The highest BCUT2D eigenvalue weighted by molar-refractivity contribution is 6.39. The van der Waals surface area contributed by atoms with Gasteiger partial charge in [0.25, 0.3) is 5.91 Å². The van der Waals surface area contributed by atoms with Crippen LogP contribution < -0.4 is 16.1 Å². The second-order valence-electron chi connectivity index (χ2n) is 10.1. The Morgan fingerprint density at radius 1 is 1.22 bits per heavy atom. The lowest BCUT2D eigenvalue weighted by Gasteiger charge is -2.28. The molecule has 10 heteroatoms. The summed E-state index contributed by atoms with van der Waals surface area (Å²) >= 11 is 0. The maximum absolute atomic E-state index is 12.8. The highest BCUT2D eigenvalue weighted by Gasteiger charge is 2.46. The summed E-state index contributed by atoms with van der Waals surface area (Å²) in [6.45, 7) is 2.15. The number of hydrogen-bond donors (Lipinski definition) is 2. The maximum atomic E-state index is 12.8. The van der Waals surface area contributed by atoms with Crippen LogP contribution in [0.3, 0.4) is 0 Å². The van der Waals surface area contributed by atoms with Gasteiger partial charge in [-0.25, -0.2) is 0 Å². The van der Waals surface area contributed by atoms with Crippen molar-refractivity contribution in [2.24, 2.45) is 21.4 Å². The first-order valence-electron chi connectivity index (χ1n) is 12.4. The number of aliphatic imine (C=N–C) groups is 1. The van der Waals surface area contributed by atoms with E-state index in [4.69, 9.17) is 15.3 Å². The molecule has 2 aromatic rings. The zero-order valence-electron chi connectivity index (χ0n) is 20.8. The Kier molecular flexibility index (Phi) is 6.97. The largest absolute Gasteiger partial charge is 0.377 e. The summed E-state index contributed by atoms with van der Waals surface area (Å²) < 4.78 is 11.6. The van der Waals surface area contributed by atoms with Crippen molar-refractivity contribution >= 4 is 23.5 Å². The summed E-state index contributed by atoms with van der Waals surface area (Å²) in [5, 5.41) is 6.85. The molecule has 0 atom stereocenters. The molecular formula is C26H33N7O3. The molecule has 190 valence electrons. The van der Waals surface area contributed by atoms with E-state index in [9.17, 15) is 4.79 Å². The van der Waals surface area contributed by atoms with Crippen LogP contribution in [-0.4, -0.2) is 67.9 Å². The second kappa shape index (κ2) is 10.3. The fourth-order valence-corrected chi connectivity index (χ4v) is 4.18. The minimum Gasteiger partial charge on any atom is -0.377 e. The Hall–Kier alpha value is -3.37. The molecule has 1 amide bonds. The van der Waals surface area contributed by atoms with Gasteiger partial charge in [-0.05, 0) is 43.9 Å². The van der Waals surface area contributed by atoms with E-state index in [1.807, 2.05) is 37.3 Å². The number of anilines is 1. The fourth-order valence-electron chi connectivity index (χ4n) is 4.18. The van der Waals surface area contributed by atoms with Gasteiger partial charge in [-0.15, -0.1) is 0 Å². The Balaban J connectivity index is 1.21. The molecule has 1 aromatic carbocycles. The number of rotatable bonds is 9. The van der Waals surface area contributed by atoms with Crippen molar-refractivity contribution in [3.8, 4) is 0 Å². The number of aromatic nitrogens is 2. The third-order valence-corrected chi connectivity index (χ3v) is 6.88. The van der Waals surface area contributed by atoms with Crippen molar-refractivity contribution in [1.29, 1.82) is 0 Å². The van der Waals surface area contributed by atoms with Gasteiger partial charge in [0.05, 0.1) is 43.9 Å². The van der Waals surface area contributed by atoms with E-state index >= 15 is 0 Å². The lowest BCUT2D eigenvalue weighted by molar-refractivity contribution is -0.201. The first-order valence-corrected chi connectivity index (χ1v) is 12.4. The Labute approximate surface area is 211 Å². The van der Waals surface area contributed by atoms with Crippen molar-refractivity contribution in [3.05, 3.63) is 53.1 Å². The molecule has 0 radical (unpaired) electrons. The van der Waals surface area contributed by atoms with Gasteiger partial charge in [-0.1, -0.05) is 0 Å². The number of amides is 1. The van der Waals surface area contributed by atoms with E-state index in [1.165, 1.54) is 25.7 Å². The smallest absolute Gasteiger partial charge is 0.251 e. The third-order valence-electron chi connectivity index (χ3n) is 6.88. The highest BCUT2D eigenvalue weighted by Crippen LogP contribution is 2.48. The average molecular weight is 492 g/mol. The first kappa shape index (κ1) is 24.3. The topological polar surface area (TPSA) is 127 Å². The van der Waals surface area contributed by atoms with E-state index in [0.717, 1.165) is 35.9 Å². The Morgan fingerprint density at radius 3 is 2.61 bits per heavy atom. The summed E-state index contributed by atoms with van der Waals surface area (Å²) in [5.41, 5.74) is 4.61. The molecule has 0 unspecified atom stereocenters. The van der Waals surface area contributed by atoms with E-state index in [2.05, 4.69) is 25.4 Å². The quantitative estimate of drug-likeness (QED) is 0.313. The fraction of sp³-hybridized carbons (Fsp3) is 0.500. The van der Waals surface area contributed by atoms with Gasteiger partial charge in [-0.3, -0.25) is 19.8 Å². The van der Waals surface area contributed by atoms with Crippen LogP contribution in [0.5, 0.6) is 0 Å². The number of ether oxygens (including phenoxy) is 2. The van der Waals surface area contributed by atoms with Crippen molar-refractivity contribution < 1.29 is 14.3 Å². The lowest BCUT2D eigenvalue weighted by atomic mass is 10.0. The van der Waals surface area contributed by atoms with E-state index in [-0.39, 0.29) is 17.6 Å². The maximum Gasteiger partial charge on any atom is 0.251 e. The van der Waals surface area contributed by atoms with Gasteiger partial charge in [0.15, 0.2) is 6.29 Å². The number of carbonyl (C=O) groups is 1. The minimum absolute atomic E-state index is 0.197. The van der Waals surface area contributed by atoms with Gasteiger partial charge >= 0.3 is 0 Å². The van der Waals surface area contributed by atoms with Crippen LogP contribution in [0.25, 0.3) is 0 Å².